The number of nitrogens with zero attached hydrogens (tertiary/aromatic N) is 2. The van der Waals surface area contributed by atoms with Gasteiger partial charge in [-0.05, 0) is 24.8 Å². The molecule has 1 aromatic rings. The highest BCUT2D eigenvalue weighted by molar-refractivity contribution is 5.40. The maximum absolute atomic E-state index is 10.5. The van der Waals surface area contributed by atoms with Gasteiger partial charge in [-0.2, -0.15) is 0 Å². The predicted octanol–water partition coefficient (Wildman–Crippen LogP) is 1.95. The van der Waals surface area contributed by atoms with Crippen LogP contribution in [0.3, 0.4) is 0 Å². The molecule has 1 aliphatic rings. The predicted molar refractivity (Wildman–Crippen MR) is 67.3 cm³/mol. The number of anilines is 1. The SMILES string of the molecule is O=[N+]([O-])c1ccc(NCC(O)C2CCCC2)nc1. The van der Waals surface area contributed by atoms with Crippen LogP contribution in [0, 0.1) is 16.0 Å². The van der Waals surface area contributed by atoms with Gasteiger partial charge in [0.05, 0.1) is 11.0 Å². The van der Waals surface area contributed by atoms with Gasteiger partial charge in [-0.15, -0.1) is 0 Å². The number of hydrogen-bond acceptors (Lipinski definition) is 5. The zero-order chi connectivity index (χ0) is 13.0. The lowest BCUT2D eigenvalue weighted by atomic mass is 10.0. The van der Waals surface area contributed by atoms with E-state index in [-0.39, 0.29) is 11.8 Å². The van der Waals surface area contributed by atoms with Gasteiger partial charge in [0, 0.05) is 12.6 Å². The molecular weight excluding hydrogens is 234 g/mol. The Morgan fingerprint density at radius 2 is 2.22 bits per heavy atom. The van der Waals surface area contributed by atoms with Crippen molar-refractivity contribution in [3.63, 3.8) is 0 Å². The Morgan fingerprint density at radius 3 is 2.78 bits per heavy atom. The Labute approximate surface area is 105 Å². The number of hydrogen-bond donors (Lipinski definition) is 2. The van der Waals surface area contributed by atoms with E-state index in [9.17, 15) is 15.2 Å². The van der Waals surface area contributed by atoms with E-state index in [0.29, 0.717) is 18.3 Å². The zero-order valence-corrected chi connectivity index (χ0v) is 10.1. The second-order valence-electron chi connectivity index (χ2n) is 4.65. The minimum Gasteiger partial charge on any atom is -0.391 e. The van der Waals surface area contributed by atoms with E-state index in [1.54, 1.807) is 6.07 Å². The summed E-state index contributed by atoms with van der Waals surface area (Å²) in [5.41, 5.74) is -0.0307. The summed E-state index contributed by atoms with van der Waals surface area (Å²) >= 11 is 0. The van der Waals surface area contributed by atoms with Crippen LogP contribution in [0.4, 0.5) is 11.5 Å². The number of nitro groups is 1. The lowest BCUT2D eigenvalue weighted by Crippen LogP contribution is -2.26. The van der Waals surface area contributed by atoms with Gasteiger partial charge in [-0.3, -0.25) is 10.1 Å². The van der Waals surface area contributed by atoms with Crippen molar-refractivity contribution < 1.29 is 10.0 Å². The zero-order valence-electron chi connectivity index (χ0n) is 10.1. The number of aliphatic hydroxyl groups is 1. The molecule has 98 valence electrons. The van der Waals surface area contributed by atoms with Crippen LogP contribution in [0.1, 0.15) is 25.7 Å². The second-order valence-corrected chi connectivity index (χ2v) is 4.65. The third kappa shape index (κ3) is 3.16. The molecule has 6 nitrogen and oxygen atoms in total. The Balaban J connectivity index is 1.84. The van der Waals surface area contributed by atoms with Crippen LogP contribution < -0.4 is 5.32 Å². The van der Waals surface area contributed by atoms with Crippen molar-refractivity contribution in [3.05, 3.63) is 28.4 Å². The smallest absolute Gasteiger partial charge is 0.287 e. The summed E-state index contributed by atoms with van der Waals surface area (Å²) in [6.45, 7) is 0.440. The van der Waals surface area contributed by atoms with E-state index < -0.39 is 4.92 Å². The van der Waals surface area contributed by atoms with Crippen molar-refractivity contribution in [3.8, 4) is 0 Å². The molecule has 0 saturated heterocycles. The van der Waals surface area contributed by atoms with Gasteiger partial charge >= 0.3 is 0 Å². The first-order chi connectivity index (χ1) is 8.66. The number of aromatic nitrogens is 1. The van der Waals surface area contributed by atoms with Crippen LogP contribution in [0.2, 0.25) is 0 Å². The summed E-state index contributed by atoms with van der Waals surface area (Å²) in [5.74, 6) is 0.924. The maximum Gasteiger partial charge on any atom is 0.287 e. The first-order valence-corrected chi connectivity index (χ1v) is 6.19. The van der Waals surface area contributed by atoms with E-state index in [1.807, 2.05) is 0 Å². The van der Waals surface area contributed by atoms with Crippen LogP contribution >= 0.6 is 0 Å². The molecule has 2 rings (SSSR count). The molecule has 0 radical (unpaired) electrons. The maximum atomic E-state index is 10.5. The molecule has 0 aromatic carbocycles. The minimum atomic E-state index is -0.482. The Kier molecular flexibility index (Phi) is 4.09. The number of nitrogens with one attached hydrogen (secondary N) is 1. The van der Waals surface area contributed by atoms with Crippen molar-refractivity contribution >= 4 is 11.5 Å². The van der Waals surface area contributed by atoms with Gasteiger partial charge in [0.2, 0.25) is 0 Å². The van der Waals surface area contributed by atoms with Gasteiger partial charge in [-0.25, -0.2) is 4.98 Å². The van der Waals surface area contributed by atoms with Gasteiger partial charge in [0.25, 0.3) is 5.69 Å². The van der Waals surface area contributed by atoms with Crippen LogP contribution in [-0.2, 0) is 0 Å². The molecule has 1 aliphatic carbocycles. The van der Waals surface area contributed by atoms with E-state index >= 15 is 0 Å². The second kappa shape index (κ2) is 5.77. The molecule has 1 heterocycles. The summed E-state index contributed by atoms with van der Waals surface area (Å²) in [7, 11) is 0. The third-order valence-electron chi connectivity index (χ3n) is 3.39. The molecule has 1 atom stereocenters. The molecule has 6 heteroatoms. The summed E-state index contributed by atoms with van der Waals surface area (Å²) in [6, 6.07) is 2.96. The average Bonchev–Trinajstić information content (AvgIpc) is 2.90. The largest absolute Gasteiger partial charge is 0.391 e. The highest BCUT2D eigenvalue weighted by Crippen LogP contribution is 2.27. The molecule has 0 amide bonds. The van der Waals surface area contributed by atoms with Gasteiger partial charge < -0.3 is 10.4 Å². The van der Waals surface area contributed by atoms with Crippen molar-refractivity contribution in [2.45, 2.75) is 31.8 Å². The molecule has 18 heavy (non-hydrogen) atoms. The van der Waals surface area contributed by atoms with Crippen molar-refractivity contribution in [1.82, 2.24) is 4.98 Å². The molecular formula is C12H17N3O3. The first kappa shape index (κ1) is 12.8. The lowest BCUT2D eigenvalue weighted by Gasteiger charge is -2.18. The molecule has 0 spiro atoms. The van der Waals surface area contributed by atoms with Crippen LogP contribution in [0.15, 0.2) is 18.3 Å². The number of aliphatic hydroxyl groups excluding tert-OH is 1. The van der Waals surface area contributed by atoms with Crippen molar-refractivity contribution in [2.24, 2.45) is 5.92 Å². The standard InChI is InChI=1S/C12H17N3O3/c16-11(9-3-1-2-4-9)8-14-12-6-5-10(7-13-12)15(17)18/h5-7,9,11,16H,1-4,8H2,(H,13,14). The average molecular weight is 251 g/mol. The first-order valence-electron chi connectivity index (χ1n) is 6.19. The fourth-order valence-electron chi connectivity index (χ4n) is 2.32. The molecule has 0 bridgehead atoms. The van der Waals surface area contributed by atoms with Crippen LogP contribution in [0.5, 0.6) is 0 Å². The number of rotatable bonds is 5. The van der Waals surface area contributed by atoms with E-state index in [0.717, 1.165) is 12.8 Å². The topological polar surface area (TPSA) is 88.3 Å². The normalized spacial score (nSPS) is 17.6. The Hall–Kier alpha value is -1.69. The molecule has 1 unspecified atom stereocenters. The molecule has 1 saturated carbocycles. The van der Waals surface area contributed by atoms with E-state index in [1.165, 1.54) is 25.1 Å². The number of pyridine rings is 1. The summed E-state index contributed by atoms with van der Waals surface area (Å²) in [5, 5.41) is 23.4. The van der Waals surface area contributed by atoms with E-state index in [2.05, 4.69) is 10.3 Å². The summed E-state index contributed by atoms with van der Waals surface area (Å²) in [6.07, 6.45) is 5.39. The van der Waals surface area contributed by atoms with E-state index in [4.69, 9.17) is 0 Å². The Bertz CT molecular complexity index is 402. The minimum absolute atomic E-state index is 0.0307. The molecule has 0 aliphatic heterocycles. The fourth-order valence-corrected chi connectivity index (χ4v) is 2.32. The van der Waals surface area contributed by atoms with Gasteiger partial charge in [0.1, 0.15) is 12.0 Å². The fraction of sp³-hybridized carbons (Fsp3) is 0.583. The van der Waals surface area contributed by atoms with Crippen LogP contribution in [0.25, 0.3) is 0 Å². The van der Waals surface area contributed by atoms with Crippen molar-refractivity contribution in [2.75, 3.05) is 11.9 Å². The Morgan fingerprint density at radius 1 is 1.50 bits per heavy atom. The monoisotopic (exact) mass is 251 g/mol. The quantitative estimate of drug-likeness (QED) is 0.616. The molecule has 2 N–H and O–H groups in total. The summed E-state index contributed by atoms with van der Waals surface area (Å²) < 4.78 is 0. The highest BCUT2D eigenvalue weighted by Gasteiger charge is 2.22. The lowest BCUT2D eigenvalue weighted by molar-refractivity contribution is -0.385. The molecule has 1 fully saturated rings. The van der Waals surface area contributed by atoms with Gasteiger partial charge in [0.15, 0.2) is 0 Å². The van der Waals surface area contributed by atoms with Gasteiger partial charge in [-0.1, -0.05) is 12.8 Å². The highest BCUT2D eigenvalue weighted by atomic mass is 16.6. The molecule has 1 aromatic heterocycles. The van der Waals surface area contributed by atoms with Crippen LogP contribution in [-0.4, -0.2) is 27.7 Å². The third-order valence-corrected chi connectivity index (χ3v) is 3.39. The van der Waals surface area contributed by atoms with Crippen molar-refractivity contribution in [1.29, 1.82) is 0 Å². The summed E-state index contributed by atoms with van der Waals surface area (Å²) in [4.78, 5) is 13.9.